The first-order valence-corrected chi connectivity index (χ1v) is 16.2. The monoisotopic (exact) mass is 632 g/mol. The molecule has 0 heterocycles. The summed E-state index contributed by atoms with van der Waals surface area (Å²) in [6, 6.07) is 31.2. The fourth-order valence-electron chi connectivity index (χ4n) is 4.08. The average molecular weight is 633 g/mol. The number of benzene rings is 4. The predicted octanol–water partition coefficient (Wildman–Crippen LogP) is 4.56. The van der Waals surface area contributed by atoms with Crippen molar-refractivity contribution in [1.82, 2.24) is 4.31 Å². The summed E-state index contributed by atoms with van der Waals surface area (Å²) >= 11 is 0. The van der Waals surface area contributed by atoms with Gasteiger partial charge in [0.25, 0.3) is 0 Å². The number of primary sulfonamides is 1. The van der Waals surface area contributed by atoms with Crippen LogP contribution in [0.2, 0.25) is 0 Å². The Balaban J connectivity index is 0.000000340. The van der Waals surface area contributed by atoms with Crippen LogP contribution in [-0.4, -0.2) is 35.4 Å². The van der Waals surface area contributed by atoms with Gasteiger partial charge in [-0.25, -0.2) is 22.0 Å². The first-order chi connectivity index (χ1) is 21.0. The van der Waals surface area contributed by atoms with Crippen molar-refractivity contribution in [3.05, 3.63) is 119 Å². The molecule has 0 aliphatic carbocycles. The first-order valence-electron chi connectivity index (χ1n) is 13.2. The Bertz CT molecular complexity index is 1800. The molecule has 12 heteroatoms. The molecule has 0 aliphatic rings. The third-order valence-electron chi connectivity index (χ3n) is 6.37. The molecule has 44 heavy (non-hydrogen) atoms. The van der Waals surface area contributed by atoms with Crippen LogP contribution in [0.4, 0.5) is 0 Å². The number of hydrogen-bond acceptors (Lipinski definition) is 8. The van der Waals surface area contributed by atoms with Crippen molar-refractivity contribution in [2.45, 2.75) is 35.7 Å². The molecular weight excluding hydrogens is 601 g/mol. The van der Waals surface area contributed by atoms with Crippen LogP contribution in [0.25, 0.3) is 0 Å². The number of rotatable bonds is 11. The Hall–Kier alpha value is -4.72. The van der Waals surface area contributed by atoms with Crippen LogP contribution in [0.5, 0.6) is 11.5 Å². The Kier molecular flexibility index (Phi) is 12.0. The molecule has 0 unspecified atom stereocenters. The van der Waals surface area contributed by atoms with Crippen LogP contribution in [0, 0.1) is 22.7 Å². The maximum atomic E-state index is 13.5. The van der Waals surface area contributed by atoms with E-state index in [2.05, 4.69) is 6.07 Å². The van der Waals surface area contributed by atoms with E-state index in [-0.39, 0.29) is 35.7 Å². The molecule has 0 fully saturated rings. The quantitative estimate of drug-likeness (QED) is 0.251. The minimum atomic E-state index is -3.81. The molecule has 0 amide bonds. The zero-order chi connectivity index (χ0) is 32.2. The number of sulfonamides is 2. The van der Waals surface area contributed by atoms with Crippen molar-refractivity contribution in [3.8, 4) is 23.6 Å². The lowest BCUT2D eigenvalue weighted by Gasteiger charge is -2.23. The molecule has 0 aromatic heterocycles. The molecule has 0 saturated heterocycles. The number of nitrogens with zero attached hydrogens (tertiary/aromatic N) is 3. The first kappa shape index (κ1) is 33.8. The van der Waals surface area contributed by atoms with Gasteiger partial charge in [0.1, 0.15) is 11.5 Å². The zero-order valence-electron chi connectivity index (χ0n) is 24.3. The second kappa shape index (κ2) is 15.7. The highest BCUT2D eigenvalue weighted by atomic mass is 32.2. The van der Waals surface area contributed by atoms with Gasteiger partial charge in [-0.15, -0.1) is 0 Å². The maximum absolute atomic E-state index is 13.5. The summed E-state index contributed by atoms with van der Waals surface area (Å²) in [5.74, 6) is 1.41. The largest absolute Gasteiger partial charge is 0.497 e. The lowest BCUT2D eigenvalue weighted by Crippen LogP contribution is -2.30. The van der Waals surface area contributed by atoms with Gasteiger partial charge in [-0.2, -0.15) is 14.8 Å². The van der Waals surface area contributed by atoms with Crippen LogP contribution in [0.15, 0.2) is 107 Å². The van der Waals surface area contributed by atoms with E-state index in [0.717, 1.165) is 11.1 Å². The molecule has 4 rings (SSSR count). The van der Waals surface area contributed by atoms with E-state index < -0.39 is 20.0 Å². The number of nitrogens with two attached hydrogens (primary N) is 1. The van der Waals surface area contributed by atoms with Gasteiger partial charge in [-0.3, -0.25) is 0 Å². The normalized spacial score (nSPS) is 11.0. The predicted molar refractivity (Wildman–Crippen MR) is 165 cm³/mol. The summed E-state index contributed by atoms with van der Waals surface area (Å²) in [6.45, 7) is 0.391. The van der Waals surface area contributed by atoms with Crippen molar-refractivity contribution in [1.29, 1.82) is 10.5 Å². The number of nitriles is 2. The van der Waals surface area contributed by atoms with Crippen molar-refractivity contribution >= 4 is 20.0 Å². The van der Waals surface area contributed by atoms with Gasteiger partial charge >= 0.3 is 0 Å². The average Bonchev–Trinajstić information content (AvgIpc) is 3.02. The third-order valence-corrected chi connectivity index (χ3v) is 9.06. The Morgan fingerprint density at radius 3 is 1.43 bits per heavy atom. The second-order valence-corrected chi connectivity index (χ2v) is 13.0. The van der Waals surface area contributed by atoms with Crippen LogP contribution in [-0.2, 0) is 46.0 Å². The minimum absolute atomic E-state index is 0.0419. The lowest BCUT2D eigenvalue weighted by atomic mass is 10.2. The minimum Gasteiger partial charge on any atom is -0.497 e. The molecule has 4 aromatic rings. The van der Waals surface area contributed by atoms with Gasteiger partial charge in [0.2, 0.25) is 20.0 Å². The third kappa shape index (κ3) is 9.66. The van der Waals surface area contributed by atoms with E-state index in [0.29, 0.717) is 22.6 Å². The molecule has 2 N–H and O–H groups in total. The summed E-state index contributed by atoms with van der Waals surface area (Å²) in [5.41, 5.74) is 2.99. The van der Waals surface area contributed by atoms with Crippen molar-refractivity contribution in [2.75, 3.05) is 14.2 Å². The molecule has 228 valence electrons. The second-order valence-electron chi connectivity index (χ2n) is 9.48. The van der Waals surface area contributed by atoms with E-state index >= 15 is 0 Å². The molecule has 0 bridgehead atoms. The summed E-state index contributed by atoms with van der Waals surface area (Å²) in [4.78, 5) is 0.211. The van der Waals surface area contributed by atoms with Crippen LogP contribution in [0.3, 0.4) is 0 Å². The molecule has 0 aliphatic heterocycles. The van der Waals surface area contributed by atoms with Gasteiger partial charge in [-0.05, 0) is 70.8 Å². The molecule has 0 saturated carbocycles. The maximum Gasteiger partial charge on any atom is 0.243 e. The van der Waals surface area contributed by atoms with Crippen LogP contribution in [0.1, 0.15) is 22.3 Å². The number of hydrogen-bond donors (Lipinski definition) is 1. The van der Waals surface area contributed by atoms with Crippen LogP contribution >= 0.6 is 0 Å². The Morgan fingerprint density at radius 2 is 1.05 bits per heavy atom. The van der Waals surface area contributed by atoms with E-state index in [4.69, 9.17) is 25.1 Å². The Morgan fingerprint density at radius 1 is 0.636 bits per heavy atom. The zero-order valence-corrected chi connectivity index (χ0v) is 25.9. The summed E-state index contributed by atoms with van der Waals surface area (Å²) in [6.07, 6.45) is 0.337. The fourth-order valence-corrected chi connectivity index (χ4v) is 6.15. The Labute approximate surface area is 258 Å². The molecule has 0 atom stereocenters. The molecular formula is C32H32N4O6S2. The molecule has 10 nitrogen and oxygen atoms in total. The molecule has 4 aromatic carbocycles. The highest BCUT2D eigenvalue weighted by Crippen LogP contribution is 2.24. The van der Waals surface area contributed by atoms with Crippen LogP contribution < -0.4 is 14.6 Å². The van der Waals surface area contributed by atoms with E-state index in [1.807, 2.05) is 30.3 Å². The van der Waals surface area contributed by atoms with E-state index in [1.54, 1.807) is 74.9 Å². The smallest absolute Gasteiger partial charge is 0.243 e. The standard InChI is InChI=1S/C24H24N2O4S.C8H8N2O2S/c1-29-22-10-6-20(7-11-22)17-26(18-21-8-12-23(30-2)13-9-21)31(27,28)24-5-3-4-19(16-24)14-15-25;9-5-4-7-2-1-3-8(6-7)13(10,11)12/h3-13,16H,14,17-18H2,1-2H3;1-3,6H,4H2,(H2,10,11,12). The van der Waals surface area contributed by atoms with Gasteiger partial charge < -0.3 is 9.47 Å². The topological polar surface area (TPSA) is 164 Å². The highest BCUT2D eigenvalue weighted by molar-refractivity contribution is 7.89. The van der Waals surface area contributed by atoms with Gasteiger partial charge in [0.05, 0.1) is 49.0 Å². The fraction of sp³-hybridized carbons (Fsp3) is 0.188. The van der Waals surface area contributed by atoms with E-state index in [9.17, 15) is 16.8 Å². The number of methoxy groups -OCH3 is 2. The summed E-state index contributed by atoms with van der Waals surface area (Å²) in [7, 11) is -4.29. The van der Waals surface area contributed by atoms with E-state index in [1.165, 1.54) is 16.4 Å². The van der Waals surface area contributed by atoms with Gasteiger partial charge in [-0.1, -0.05) is 48.5 Å². The highest BCUT2D eigenvalue weighted by Gasteiger charge is 2.25. The van der Waals surface area contributed by atoms with Crippen molar-refractivity contribution in [3.63, 3.8) is 0 Å². The van der Waals surface area contributed by atoms with Crippen molar-refractivity contribution < 1.29 is 26.3 Å². The van der Waals surface area contributed by atoms with Crippen molar-refractivity contribution in [2.24, 2.45) is 5.14 Å². The summed E-state index contributed by atoms with van der Waals surface area (Å²) < 4.78 is 60.7. The van der Waals surface area contributed by atoms with Gasteiger partial charge in [0.15, 0.2) is 0 Å². The molecule has 0 radical (unpaired) electrons. The van der Waals surface area contributed by atoms with Gasteiger partial charge in [0, 0.05) is 13.1 Å². The summed E-state index contributed by atoms with van der Waals surface area (Å²) in [5, 5.41) is 22.3. The number of ether oxygens (including phenoxy) is 2. The molecule has 0 spiro atoms. The SMILES string of the molecule is COc1ccc(CN(Cc2ccc(OC)cc2)S(=O)(=O)c2cccc(CC#N)c2)cc1.N#CCc1cccc(S(N)(=O)=O)c1. The lowest BCUT2D eigenvalue weighted by molar-refractivity contribution is 0.397.